The van der Waals surface area contributed by atoms with Crippen LogP contribution in [0.2, 0.25) is 0 Å². The Hall–Kier alpha value is -5.99. The van der Waals surface area contributed by atoms with Crippen LogP contribution in [0.4, 0.5) is 4.79 Å². The summed E-state index contributed by atoms with van der Waals surface area (Å²) in [5, 5.41) is 40.5. The van der Waals surface area contributed by atoms with E-state index in [2.05, 4.69) is 21.3 Å². The minimum Gasteiger partial charge on any atom is -0.480 e. The Kier molecular flexibility index (Phi) is 13.3. The van der Waals surface area contributed by atoms with Crippen molar-refractivity contribution in [2.45, 2.75) is 81.3 Å². The Labute approximate surface area is 299 Å². The lowest BCUT2D eigenvalue weighted by atomic mass is 9.80. The minimum atomic E-state index is -1.81. The molecular formula is C37H43N5O10. The number of amides is 5. The van der Waals surface area contributed by atoms with E-state index in [4.69, 9.17) is 5.73 Å². The molecule has 0 heterocycles. The third kappa shape index (κ3) is 10.3. The number of carbonyl (C=O) groups is 7. The summed E-state index contributed by atoms with van der Waals surface area (Å²) in [6.45, 7) is 0.256. The second-order valence-corrected chi connectivity index (χ2v) is 12.9. The van der Waals surface area contributed by atoms with E-state index in [1.807, 2.05) is 42.5 Å². The molecule has 0 unspecified atom stereocenters. The van der Waals surface area contributed by atoms with Gasteiger partial charge >= 0.3 is 18.0 Å². The van der Waals surface area contributed by atoms with E-state index < -0.39 is 71.6 Å². The van der Waals surface area contributed by atoms with Gasteiger partial charge in [0.05, 0.1) is 6.42 Å². The fourth-order valence-corrected chi connectivity index (χ4v) is 6.55. The maximum atomic E-state index is 13.9. The standard InChI is InChI=1S/C37H43N5O10/c38-29(43)21-28(31(44)39-19-7-11-24-10-6-9-23-8-2-3-12-26(23)24)40-35(50)37(17-4-1-5-18-37)42-32(45)27(41-36(51)52)20-22-13-15-25(16-14-22)30(33(46)47)34(48)49/h2-3,6,8-10,12-16,27-28,30,41H,1,4-5,7,11,17-21H2,(H2,38,43)(H,39,44)(H,40,50)(H,42,45)(H,46,47)(H,48,49)(H,51,52)/t27-,28-/m0/s1. The molecule has 1 fully saturated rings. The predicted molar refractivity (Wildman–Crippen MR) is 188 cm³/mol. The van der Waals surface area contributed by atoms with Crippen LogP contribution >= 0.6 is 0 Å². The Balaban J connectivity index is 1.44. The van der Waals surface area contributed by atoms with E-state index in [1.54, 1.807) is 0 Å². The smallest absolute Gasteiger partial charge is 0.405 e. The van der Waals surface area contributed by atoms with E-state index >= 15 is 0 Å². The number of aliphatic carboxylic acids is 2. The first kappa shape index (κ1) is 38.8. The lowest BCUT2D eigenvalue weighted by molar-refractivity contribution is -0.150. The first-order valence-electron chi connectivity index (χ1n) is 17.0. The molecule has 0 spiro atoms. The summed E-state index contributed by atoms with van der Waals surface area (Å²) in [5.74, 6) is -7.93. The van der Waals surface area contributed by atoms with Gasteiger partial charge in [0, 0.05) is 13.0 Å². The largest absolute Gasteiger partial charge is 0.480 e. The molecule has 4 rings (SSSR count). The molecule has 3 aromatic rings. The highest BCUT2D eigenvalue weighted by atomic mass is 16.4. The number of nitrogens with one attached hydrogen (secondary N) is 4. The van der Waals surface area contributed by atoms with Gasteiger partial charge in [-0.25, -0.2) is 4.79 Å². The van der Waals surface area contributed by atoms with Crippen LogP contribution in [0.15, 0.2) is 66.7 Å². The SMILES string of the molecule is NC(=O)C[C@H](NC(=O)C1(NC(=O)[C@H](Cc2ccc(C(C(=O)O)C(=O)O)cc2)NC(=O)O)CCCCC1)C(=O)NCCCc1cccc2ccccc12. The summed E-state index contributed by atoms with van der Waals surface area (Å²) in [6.07, 6.45) is 1.24. The molecule has 0 saturated heterocycles. The molecule has 1 saturated carbocycles. The van der Waals surface area contributed by atoms with Gasteiger partial charge in [0.25, 0.3) is 0 Å². The summed E-state index contributed by atoms with van der Waals surface area (Å²) in [4.78, 5) is 87.3. The molecule has 0 aliphatic heterocycles. The third-order valence-electron chi connectivity index (χ3n) is 9.19. The van der Waals surface area contributed by atoms with Crippen molar-refractivity contribution < 1.29 is 48.9 Å². The van der Waals surface area contributed by atoms with Gasteiger partial charge in [0.1, 0.15) is 17.6 Å². The fourth-order valence-electron chi connectivity index (χ4n) is 6.55. The van der Waals surface area contributed by atoms with Crippen molar-refractivity contribution in [2.24, 2.45) is 5.73 Å². The van der Waals surface area contributed by atoms with Crippen molar-refractivity contribution in [1.29, 1.82) is 0 Å². The molecule has 9 N–H and O–H groups in total. The lowest BCUT2D eigenvalue weighted by Crippen LogP contribution is -2.65. The second-order valence-electron chi connectivity index (χ2n) is 12.9. The Morgan fingerprint density at radius 1 is 0.750 bits per heavy atom. The first-order chi connectivity index (χ1) is 24.8. The van der Waals surface area contributed by atoms with Crippen molar-refractivity contribution in [3.05, 3.63) is 83.4 Å². The van der Waals surface area contributed by atoms with Crippen LogP contribution < -0.4 is 27.0 Å². The second kappa shape index (κ2) is 17.8. The molecular weight excluding hydrogens is 674 g/mol. The van der Waals surface area contributed by atoms with Gasteiger partial charge in [-0.05, 0) is 53.1 Å². The molecule has 0 aromatic heterocycles. The highest BCUT2D eigenvalue weighted by Gasteiger charge is 2.43. The number of rotatable bonds is 17. The van der Waals surface area contributed by atoms with Crippen LogP contribution in [0.5, 0.6) is 0 Å². The fraction of sp³-hybridized carbons (Fsp3) is 0.378. The van der Waals surface area contributed by atoms with Gasteiger partial charge in [-0.2, -0.15) is 0 Å². The number of primary amides is 1. The topological polar surface area (TPSA) is 254 Å². The first-order valence-corrected chi connectivity index (χ1v) is 17.0. The summed E-state index contributed by atoms with van der Waals surface area (Å²) in [5.41, 5.74) is 5.38. The Bertz CT molecular complexity index is 1790. The third-order valence-corrected chi connectivity index (χ3v) is 9.19. The molecule has 0 bridgehead atoms. The molecule has 276 valence electrons. The van der Waals surface area contributed by atoms with E-state index in [9.17, 15) is 48.9 Å². The molecule has 15 nitrogen and oxygen atoms in total. The molecule has 15 heteroatoms. The van der Waals surface area contributed by atoms with E-state index in [0.29, 0.717) is 31.2 Å². The van der Waals surface area contributed by atoms with Crippen molar-refractivity contribution >= 4 is 52.4 Å². The maximum Gasteiger partial charge on any atom is 0.405 e. The minimum absolute atomic E-state index is 0.0202. The lowest BCUT2D eigenvalue weighted by Gasteiger charge is -2.38. The molecule has 0 radical (unpaired) electrons. The van der Waals surface area contributed by atoms with Crippen LogP contribution in [-0.4, -0.2) is 81.1 Å². The zero-order chi connectivity index (χ0) is 37.8. The molecule has 5 amide bonds. The quantitative estimate of drug-likeness (QED) is 0.0746. The summed E-state index contributed by atoms with van der Waals surface area (Å²) in [6, 6.07) is 16.5. The van der Waals surface area contributed by atoms with Gasteiger partial charge in [0.15, 0.2) is 5.92 Å². The predicted octanol–water partition coefficient (Wildman–Crippen LogP) is 2.20. The average Bonchev–Trinajstić information content (AvgIpc) is 3.10. The summed E-state index contributed by atoms with van der Waals surface area (Å²) >= 11 is 0. The average molecular weight is 718 g/mol. The maximum absolute atomic E-state index is 13.9. The summed E-state index contributed by atoms with van der Waals surface area (Å²) in [7, 11) is 0. The number of carbonyl (C=O) groups excluding carboxylic acids is 4. The number of carboxylic acids is 2. The van der Waals surface area contributed by atoms with E-state index in [0.717, 1.165) is 22.8 Å². The van der Waals surface area contributed by atoms with Crippen molar-refractivity contribution in [1.82, 2.24) is 21.3 Å². The molecule has 1 aliphatic carbocycles. The number of hydrogen-bond acceptors (Lipinski definition) is 7. The molecule has 2 atom stereocenters. The van der Waals surface area contributed by atoms with Crippen LogP contribution in [0.25, 0.3) is 10.8 Å². The van der Waals surface area contributed by atoms with Gasteiger partial charge in [-0.3, -0.25) is 28.8 Å². The van der Waals surface area contributed by atoms with Crippen molar-refractivity contribution in [3.8, 4) is 0 Å². The van der Waals surface area contributed by atoms with E-state index in [1.165, 1.54) is 24.3 Å². The van der Waals surface area contributed by atoms with Crippen molar-refractivity contribution in [2.75, 3.05) is 6.54 Å². The van der Waals surface area contributed by atoms with Crippen LogP contribution in [0, 0.1) is 0 Å². The Morgan fingerprint density at radius 3 is 2.04 bits per heavy atom. The number of nitrogens with two attached hydrogens (primary N) is 1. The highest BCUT2D eigenvalue weighted by Crippen LogP contribution is 2.29. The number of carboxylic acid groups (broad SMARTS) is 3. The number of hydrogen-bond donors (Lipinski definition) is 8. The zero-order valence-corrected chi connectivity index (χ0v) is 28.4. The van der Waals surface area contributed by atoms with Gasteiger partial charge < -0.3 is 42.3 Å². The zero-order valence-electron chi connectivity index (χ0n) is 28.4. The van der Waals surface area contributed by atoms with Gasteiger partial charge in [-0.1, -0.05) is 86.0 Å². The molecule has 52 heavy (non-hydrogen) atoms. The van der Waals surface area contributed by atoms with Crippen LogP contribution in [0.3, 0.4) is 0 Å². The van der Waals surface area contributed by atoms with E-state index in [-0.39, 0.29) is 31.4 Å². The number of fused-ring (bicyclic) bond motifs is 1. The highest BCUT2D eigenvalue weighted by molar-refractivity contribution is 5.99. The Morgan fingerprint density at radius 2 is 1.40 bits per heavy atom. The van der Waals surface area contributed by atoms with Gasteiger partial charge in [0.2, 0.25) is 23.6 Å². The molecule has 3 aromatic carbocycles. The van der Waals surface area contributed by atoms with Crippen molar-refractivity contribution in [3.63, 3.8) is 0 Å². The van der Waals surface area contributed by atoms with Crippen LogP contribution in [0.1, 0.15) is 67.6 Å². The number of benzene rings is 3. The van der Waals surface area contributed by atoms with Crippen LogP contribution in [-0.2, 0) is 41.6 Å². The normalized spacial score (nSPS) is 14.8. The molecule has 1 aliphatic rings. The summed E-state index contributed by atoms with van der Waals surface area (Å²) < 4.78 is 0. The monoisotopic (exact) mass is 717 g/mol. The number of aryl methyl sites for hydroxylation is 1. The van der Waals surface area contributed by atoms with Gasteiger partial charge in [-0.15, -0.1) is 0 Å².